The maximum absolute atomic E-state index is 4.71. The van der Waals surface area contributed by atoms with Crippen LogP contribution in [0.4, 0.5) is 0 Å². The van der Waals surface area contributed by atoms with Crippen molar-refractivity contribution in [1.82, 2.24) is 4.75 Å². The molecule has 122 valence electrons. The van der Waals surface area contributed by atoms with E-state index < -0.39 is 7.69 Å². The molecule has 1 aromatic heterocycles. The Kier molecular flexibility index (Phi) is 6.77. The number of nitrogens with zero attached hydrogens (tertiary/aromatic N) is 1. The summed E-state index contributed by atoms with van der Waals surface area (Å²) < 4.78 is 7.07. The number of aromatic nitrogens is 1. The molecule has 2 atom stereocenters. The molecule has 2 unspecified atom stereocenters. The molecule has 24 heavy (non-hydrogen) atoms. The minimum absolute atomic E-state index is 0. The topological polar surface area (TPSA) is 12.9 Å². The van der Waals surface area contributed by atoms with Crippen LogP contribution in [0, 0.1) is 0 Å². The standard InChI is InChI=1S/C12H9NP.C7H9.2ClH.Ti/c1-2-5-11-9-12(8-10(11)4-1)14-7-3-6-13-14;1-6-4-3-5-7(6)2;;;/h1-9H;4H,3H2,1-2H3;2*1H;/q;;;;+2/p-2. The number of allylic oxidation sites excluding steroid dienone is 5. The largest absolute Gasteiger partial charge is 1.00 e. The van der Waals surface area contributed by atoms with Gasteiger partial charge in [-0.2, -0.15) is 0 Å². The summed E-state index contributed by atoms with van der Waals surface area (Å²) in [6.45, 7) is 4.56. The maximum atomic E-state index is 4.71. The van der Waals surface area contributed by atoms with Crippen molar-refractivity contribution < 1.29 is 44.0 Å². The van der Waals surface area contributed by atoms with Gasteiger partial charge in [-0.05, 0) is 0 Å². The molecule has 2 aromatic rings. The summed E-state index contributed by atoms with van der Waals surface area (Å²) in [5.74, 6) is 2.30. The van der Waals surface area contributed by atoms with Crippen molar-refractivity contribution >= 4 is 19.1 Å². The zero-order valence-corrected chi connectivity index (χ0v) is 17.6. The summed E-state index contributed by atoms with van der Waals surface area (Å²) in [4.78, 5) is 0. The van der Waals surface area contributed by atoms with E-state index in [0.717, 1.165) is 0 Å². The second-order valence-corrected chi connectivity index (χ2v) is 9.95. The molecule has 0 saturated heterocycles. The molecule has 4 rings (SSSR count). The van der Waals surface area contributed by atoms with Crippen LogP contribution >= 0.6 is 7.69 Å². The first-order valence-electron chi connectivity index (χ1n) is 7.68. The summed E-state index contributed by atoms with van der Waals surface area (Å²) in [5, 5.41) is 1.58. The van der Waals surface area contributed by atoms with Crippen molar-refractivity contribution in [2.45, 2.75) is 24.5 Å². The Morgan fingerprint density at radius 3 is 2.58 bits per heavy atom. The summed E-state index contributed by atoms with van der Waals surface area (Å²) >= 11 is -0.189. The second kappa shape index (κ2) is 8.22. The third-order valence-electron chi connectivity index (χ3n) is 4.65. The predicted molar refractivity (Wildman–Crippen MR) is 91.4 cm³/mol. The van der Waals surface area contributed by atoms with E-state index in [-0.39, 0.29) is 44.0 Å². The van der Waals surface area contributed by atoms with Gasteiger partial charge in [-0.3, -0.25) is 0 Å². The molecule has 1 heterocycles. The van der Waals surface area contributed by atoms with E-state index in [1.54, 1.807) is 20.3 Å². The summed E-state index contributed by atoms with van der Waals surface area (Å²) in [7, 11) is -0.436. The SMILES string of the molecule is CC1=CC[C]([Ti+2][CH]2C(p3cccn3)=Cc3ccccc32)=C1C.[Cl-].[Cl-]. The third-order valence-corrected chi connectivity index (χ3v) is 9.65. The Morgan fingerprint density at radius 1 is 1.12 bits per heavy atom. The Morgan fingerprint density at radius 2 is 1.92 bits per heavy atom. The van der Waals surface area contributed by atoms with Gasteiger partial charge >= 0.3 is 142 Å². The summed E-state index contributed by atoms with van der Waals surface area (Å²) in [5.41, 5.74) is 6.01. The Bertz CT molecular complexity index is 822. The van der Waals surface area contributed by atoms with Gasteiger partial charge in [0, 0.05) is 0 Å². The van der Waals surface area contributed by atoms with Gasteiger partial charge < -0.3 is 24.8 Å². The molecular weight excluding hydrogens is 392 g/mol. The second-order valence-electron chi connectivity index (χ2n) is 5.92. The van der Waals surface area contributed by atoms with Gasteiger partial charge in [0.05, 0.1) is 0 Å². The van der Waals surface area contributed by atoms with Crippen LogP contribution in [-0.2, 0) is 19.2 Å². The van der Waals surface area contributed by atoms with Crippen molar-refractivity contribution in [1.29, 1.82) is 0 Å². The minimum atomic E-state index is -0.436. The fourth-order valence-corrected chi connectivity index (χ4v) is 8.17. The molecular formula is C19H18Cl2NPTi. The molecule has 0 amide bonds. The summed E-state index contributed by atoms with van der Waals surface area (Å²) in [6, 6.07) is 11.0. The molecule has 1 nitrogen and oxygen atoms in total. The Labute approximate surface area is 166 Å². The Hall–Kier alpha value is -0.556. The van der Waals surface area contributed by atoms with Crippen LogP contribution in [0.2, 0.25) is 0 Å². The van der Waals surface area contributed by atoms with E-state index in [4.69, 9.17) is 4.75 Å². The van der Waals surface area contributed by atoms with Crippen LogP contribution in [-0.4, -0.2) is 4.75 Å². The molecule has 0 N–H and O–H groups in total. The van der Waals surface area contributed by atoms with Crippen molar-refractivity contribution in [3.63, 3.8) is 0 Å². The molecule has 0 aliphatic heterocycles. The molecule has 0 bridgehead atoms. The van der Waals surface area contributed by atoms with Gasteiger partial charge in [0.25, 0.3) is 0 Å². The van der Waals surface area contributed by atoms with Gasteiger partial charge in [-0.1, -0.05) is 0 Å². The average molecular weight is 410 g/mol. The molecule has 5 heteroatoms. The minimum Gasteiger partial charge on any atom is -1.00 e. The number of benzene rings is 1. The van der Waals surface area contributed by atoms with Crippen molar-refractivity contribution in [2.24, 2.45) is 0 Å². The van der Waals surface area contributed by atoms with E-state index in [9.17, 15) is 0 Å². The molecule has 0 fully saturated rings. The van der Waals surface area contributed by atoms with Crippen molar-refractivity contribution in [3.05, 3.63) is 74.6 Å². The fraction of sp³-hybridized carbons (Fsp3) is 0.211. The van der Waals surface area contributed by atoms with E-state index in [2.05, 4.69) is 62.1 Å². The van der Waals surface area contributed by atoms with Gasteiger partial charge in [-0.25, -0.2) is 0 Å². The van der Waals surface area contributed by atoms with Crippen LogP contribution in [0.15, 0.2) is 63.4 Å². The van der Waals surface area contributed by atoms with Crippen LogP contribution in [0.1, 0.15) is 35.6 Å². The average Bonchev–Trinajstić information content (AvgIpc) is 3.23. The zero-order valence-electron chi connectivity index (χ0n) is 13.6. The van der Waals surface area contributed by atoms with Crippen molar-refractivity contribution in [3.8, 4) is 0 Å². The first-order valence-corrected chi connectivity index (χ1v) is 10.7. The zero-order chi connectivity index (χ0) is 15.1. The number of fused-ring (bicyclic) bond motifs is 1. The van der Waals surface area contributed by atoms with Gasteiger partial charge in [-0.15, -0.1) is 0 Å². The third kappa shape index (κ3) is 3.52. The molecule has 1 aromatic carbocycles. The van der Waals surface area contributed by atoms with Crippen LogP contribution < -0.4 is 24.8 Å². The van der Waals surface area contributed by atoms with Crippen molar-refractivity contribution in [2.75, 3.05) is 0 Å². The van der Waals surface area contributed by atoms with Gasteiger partial charge in [0.2, 0.25) is 0 Å². The molecule has 2 aliphatic carbocycles. The smallest absolute Gasteiger partial charge is 1.00 e. The molecule has 0 saturated carbocycles. The maximum Gasteiger partial charge on any atom is -1.00 e. The molecule has 0 spiro atoms. The first kappa shape index (κ1) is 19.8. The normalized spacial score (nSPS) is 18.9. The van der Waals surface area contributed by atoms with Crippen LogP contribution in [0.3, 0.4) is 0 Å². The van der Waals surface area contributed by atoms with E-state index in [1.165, 1.54) is 17.6 Å². The van der Waals surface area contributed by atoms with Gasteiger partial charge in [0.15, 0.2) is 0 Å². The van der Waals surface area contributed by atoms with Crippen LogP contribution in [0.5, 0.6) is 0 Å². The van der Waals surface area contributed by atoms with E-state index in [0.29, 0.717) is 4.22 Å². The number of rotatable bonds is 3. The molecule has 2 aliphatic rings. The van der Waals surface area contributed by atoms with Crippen LogP contribution in [0.25, 0.3) is 11.4 Å². The number of hydrogen-bond acceptors (Lipinski definition) is 1. The summed E-state index contributed by atoms with van der Waals surface area (Å²) in [6.07, 6.45) is 7.98. The number of hydrogen-bond donors (Lipinski definition) is 0. The Balaban J connectivity index is 0.00000104. The fourth-order valence-electron chi connectivity index (χ4n) is 3.22. The van der Waals surface area contributed by atoms with E-state index in [1.807, 2.05) is 6.20 Å². The monoisotopic (exact) mass is 409 g/mol. The number of halogens is 2. The van der Waals surface area contributed by atoms with E-state index >= 15 is 0 Å². The molecule has 0 radical (unpaired) electrons. The quantitative estimate of drug-likeness (QED) is 0.642. The van der Waals surface area contributed by atoms with Gasteiger partial charge in [0.1, 0.15) is 0 Å². The first-order chi connectivity index (χ1) is 10.7. The predicted octanol–water partition coefficient (Wildman–Crippen LogP) is -0.164.